The van der Waals surface area contributed by atoms with E-state index in [0.717, 1.165) is 34.9 Å². The lowest BCUT2D eigenvalue weighted by molar-refractivity contribution is -0.141. The van der Waals surface area contributed by atoms with E-state index in [1.807, 2.05) is 0 Å². The first-order chi connectivity index (χ1) is 23.9. The van der Waals surface area contributed by atoms with Gasteiger partial charge in [0, 0.05) is 41.2 Å². The van der Waals surface area contributed by atoms with Gasteiger partial charge in [0.1, 0.15) is 11.5 Å². The molecule has 1 fully saturated rings. The monoisotopic (exact) mass is 708 g/mol. The first-order valence-electron chi connectivity index (χ1n) is 16.6. The van der Waals surface area contributed by atoms with Crippen LogP contribution >= 0.6 is 0 Å². The molecule has 1 saturated carbocycles. The van der Waals surface area contributed by atoms with Crippen LogP contribution in [0.25, 0.3) is 5.69 Å². The molecule has 1 aliphatic carbocycles. The number of hydrogen-bond donors (Lipinski definition) is 3. The number of hydrogen-bond acceptors (Lipinski definition) is 5. The van der Waals surface area contributed by atoms with Gasteiger partial charge >= 0.3 is 12.3 Å². The quantitative estimate of drug-likeness (QED) is 0.135. The molecule has 0 aliphatic heterocycles. The molecule has 10 nitrogen and oxygen atoms in total. The fourth-order valence-electron chi connectivity index (χ4n) is 5.96. The Bertz CT molecular complexity index is 1920. The fourth-order valence-corrected chi connectivity index (χ4v) is 5.96. The standard InChI is InChI=1S/C37H40F4N6O4/c1-22(2)32(48)44-36(16-15-23-11-12-23,25-8-7-17-42-21-25)24-13-14-28(38)29(18-24)43-33(49)30-20-31(37(39,40)41)45-47(30)27-10-6-9-26(19-27)46(34(50)51)35(3,4)5/h6-10,13-14,17-23H,11-12,15-16H2,1-5H3,(H,43,49)(H,44,48)(H,50,51). The number of pyridine rings is 1. The maximum Gasteiger partial charge on any atom is 0.435 e. The molecule has 270 valence electrons. The van der Waals surface area contributed by atoms with E-state index in [1.54, 1.807) is 59.1 Å². The summed E-state index contributed by atoms with van der Waals surface area (Å²) in [6.45, 7) is 8.43. The molecule has 1 atom stereocenters. The first-order valence-corrected chi connectivity index (χ1v) is 16.6. The molecule has 1 unspecified atom stereocenters. The number of nitrogens with one attached hydrogen (secondary N) is 2. The summed E-state index contributed by atoms with van der Waals surface area (Å²) < 4.78 is 58.2. The Morgan fingerprint density at radius 2 is 1.73 bits per heavy atom. The molecule has 1 aliphatic rings. The number of nitrogens with zero attached hydrogens (tertiary/aromatic N) is 4. The van der Waals surface area contributed by atoms with Gasteiger partial charge in [0.15, 0.2) is 5.69 Å². The van der Waals surface area contributed by atoms with Crippen LogP contribution in [0.1, 0.15) is 87.6 Å². The topological polar surface area (TPSA) is 129 Å². The third kappa shape index (κ3) is 8.21. The highest BCUT2D eigenvalue weighted by Crippen LogP contribution is 2.42. The van der Waals surface area contributed by atoms with E-state index in [1.165, 1.54) is 36.4 Å². The highest BCUT2D eigenvalue weighted by molar-refractivity contribution is 6.03. The molecule has 51 heavy (non-hydrogen) atoms. The van der Waals surface area contributed by atoms with Crippen molar-refractivity contribution in [2.75, 3.05) is 10.2 Å². The van der Waals surface area contributed by atoms with Crippen LogP contribution in [-0.2, 0) is 16.5 Å². The number of carboxylic acid groups (broad SMARTS) is 1. The summed E-state index contributed by atoms with van der Waals surface area (Å²) in [5.41, 5.74) is -3.22. The van der Waals surface area contributed by atoms with Crippen LogP contribution in [0.15, 0.2) is 73.1 Å². The van der Waals surface area contributed by atoms with Gasteiger partial charge in [0.05, 0.1) is 16.9 Å². The van der Waals surface area contributed by atoms with Crippen molar-refractivity contribution in [2.45, 2.75) is 77.6 Å². The molecule has 3 N–H and O–H groups in total. The number of anilines is 2. The molecule has 2 heterocycles. The van der Waals surface area contributed by atoms with E-state index in [9.17, 15) is 32.7 Å². The number of aromatic nitrogens is 3. The van der Waals surface area contributed by atoms with Gasteiger partial charge in [-0.05, 0) is 81.5 Å². The van der Waals surface area contributed by atoms with Crippen LogP contribution in [0.5, 0.6) is 0 Å². The minimum atomic E-state index is -4.94. The van der Waals surface area contributed by atoms with Gasteiger partial charge in [0.25, 0.3) is 5.91 Å². The second-order valence-corrected chi connectivity index (χ2v) is 14.1. The van der Waals surface area contributed by atoms with Gasteiger partial charge in [-0.2, -0.15) is 18.3 Å². The molecule has 14 heteroatoms. The lowest BCUT2D eigenvalue weighted by atomic mass is 9.78. The maximum absolute atomic E-state index is 15.5. The minimum Gasteiger partial charge on any atom is -0.465 e. The second kappa shape index (κ2) is 14.2. The summed E-state index contributed by atoms with van der Waals surface area (Å²) in [7, 11) is 0. The molecular formula is C37H40F4N6O4. The molecule has 2 aromatic heterocycles. The number of carbonyl (C=O) groups excluding carboxylic acids is 2. The van der Waals surface area contributed by atoms with Gasteiger partial charge in [-0.1, -0.05) is 44.9 Å². The third-order valence-corrected chi connectivity index (χ3v) is 8.77. The van der Waals surface area contributed by atoms with Crippen molar-refractivity contribution in [2.24, 2.45) is 11.8 Å². The average molecular weight is 709 g/mol. The lowest BCUT2D eigenvalue weighted by Crippen LogP contribution is -2.48. The van der Waals surface area contributed by atoms with E-state index >= 15 is 4.39 Å². The van der Waals surface area contributed by atoms with Crippen molar-refractivity contribution in [3.63, 3.8) is 0 Å². The zero-order chi connectivity index (χ0) is 37.3. The predicted octanol–water partition coefficient (Wildman–Crippen LogP) is 8.17. The number of amides is 3. The molecule has 0 saturated heterocycles. The van der Waals surface area contributed by atoms with Crippen LogP contribution in [-0.4, -0.2) is 43.3 Å². The average Bonchev–Trinajstić information content (AvgIpc) is 3.77. The first kappa shape index (κ1) is 37.0. The van der Waals surface area contributed by atoms with E-state index in [4.69, 9.17) is 0 Å². The van der Waals surface area contributed by atoms with E-state index in [0.29, 0.717) is 29.5 Å². The van der Waals surface area contributed by atoms with Gasteiger partial charge in [-0.25, -0.2) is 13.9 Å². The molecule has 0 radical (unpaired) electrons. The van der Waals surface area contributed by atoms with E-state index in [2.05, 4.69) is 20.7 Å². The molecule has 2 aromatic carbocycles. The van der Waals surface area contributed by atoms with Gasteiger partial charge in [-0.3, -0.25) is 19.5 Å². The number of benzene rings is 2. The predicted molar refractivity (Wildman–Crippen MR) is 183 cm³/mol. The third-order valence-electron chi connectivity index (χ3n) is 8.77. The molecule has 0 bridgehead atoms. The molecule has 3 amide bonds. The SMILES string of the molecule is CC(C)C(=O)NC(CCC1CC1)(c1cccnc1)c1ccc(F)c(NC(=O)c2cc(C(F)(F)F)nn2-c2cccc(N(C(=O)O)C(C)(C)C)c2)c1. The zero-order valence-corrected chi connectivity index (χ0v) is 28.9. The normalized spacial score (nSPS) is 14.5. The summed E-state index contributed by atoms with van der Waals surface area (Å²) >= 11 is 0. The van der Waals surface area contributed by atoms with E-state index in [-0.39, 0.29) is 23.0 Å². The van der Waals surface area contributed by atoms with Crippen LogP contribution < -0.4 is 15.5 Å². The number of carbonyl (C=O) groups is 3. The summed E-state index contributed by atoms with van der Waals surface area (Å²) in [6, 6.07) is 13.6. The van der Waals surface area contributed by atoms with Gasteiger partial charge in [0.2, 0.25) is 5.91 Å². The Hall–Kier alpha value is -5.27. The smallest absolute Gasteiger partial charge is 0.435 e. The summed E-state index contributed by atoms with van der Waals surface area (Å²) in [5, 5.41) is 19.1. The number of alkyl halides is 3. The Morgan fingerprint density at radius 1 is 1.00 bits per heavy atom. The van der Waals surface area contributed by atoms with Gasteiger partial charge in [-0.15, -0.1) is 0 Å². The molecule has 4 aromatic rings. The molecular weight excluding hydrogens is 668 g/mol. The second-order valence-electron chi connectivity index (χ2n) is 14.1. The highest BCUT2D eigenvalue weighted by atomic mass is 19.4. The van der Waals surface area contributed by atoms with Crippen LogP contribution in [0.3, 0.4) is 0 Å². The molecule has 0 spiro atoms. The fraction of sp³-hybridized carbons (Fsp3) is 0.378. The van der Waals surface area contributed by atoms with E-state index < -0.39 is 52.4 Å². The minimum absolute atomic E-state index is 0.0371. The van der Waals surface area contributed by atoms with Crippen molar-refractivity contribution < 1.29 is 37.1 Å². The Kier molecular flexibility index (Phi) is 10.3. The van der Waals surface area contributed by atoms with Crippen LogP contribution in [0, 0.1) is 17.7 Å². The van der Waals surface area contributed by atoms with Gasteiger partial charge < -0.3 is 15.7 Å². The Morgan fingerprint density at radius 3 is 2.31 bits per heavy atom. The highest BCUT2D eigenvalue weighted by Gasteiger charge is 2.40. The molecule has 5 rings (SSSR count). The zero-order valence-electron chi connectivity index (χ0n) is 28.9. The number of rotatable bonds is 11. The van der Waals surface area contributed by atoms with Crippen molar-refractivity contribution in [3.8, 4) is 5.69 Å². The van der Waals surface area contributed by atoms with Crippen molar-refractivity contribution in [3.05, 3.63) is 101 Å². The summed E-state index contributed by atoms with van der Waals surface area (Å²) in [6.07, 6.45) is 0.257. The van der Waals surface area contributed by atoms with Crippen molar-refractivity contribution in [1.29, 1.82) is 0 Å². The van der Waals surface area contributed by atoms with Crippen molar-refractivity contribution in [1.82, 2.24) is 20.1 Å². The van der Waals surface area contributed by atoms with Crippen molar-refractivity contribution >= 4 is 29.3 Å². The lowest BCUT2D eigenvalue weighted by Gasteiger charge is -2.37. The summed E-state index contributed by atoms with van der Waals surface area (Å²) in [5.74, 6) is -2.17. The van der Waals surface area contributed by atoms with Crippen LogP contribution in [0.2, 0.25) is 0 Å². The number of halogens is 4. The Labute approximate surface area is 292 Å². The Balaban J connectivity index is 1.59. The summed E-state index contributed by atoms with van der Waals surface area (Å²) in [4.78, 5) is 44.5. The maximum atomic E-state index is 15.5. The van der Waals surface area contributed by atoms with Crippen LogP contribution in [0.4, 0.5) is 33.7 Å². The largest absolute Gasteiger partial charge is 0.465 e.